The van der Waals surface area contributed by atoms with E-state index in [9.17, 15) is 9.59 Å². The zero-order valence-corrected chi connectivity index (χ0v) is 13.6. The lowest BCUT2D eigenvalue weighted by Crippen LogP contribution is -2.45. The fourth-order valence-electron chi connectivity index (χ4n) is 3.51. The van der Waals surface area contributed by atoms with Gasteiger partial charge in [0.2, 0.25) is 0 Å². The molecule has 1 aromatic heterocycles. The fourth-order valence-corrected chi connectivity index (χ4v) is 3.51. The fraction of sp³-hybridized carbons (Fsp3) is 0.444. The minimum absolute atomic E-state index is 0.146. The highest BCUT2D eigenvalue weighted by Gasteiger charge is 2.37. The molecule has 1 atom stereocenters. The smallest absolute Gasteiger partial charge is 0.306 e. The summed E-state index contributed by atoms with van der Waals surface area (Å²) in [5.41, 5.74) is 2.91. The summed E-state index contributed by atoms with van der Waals surface area (Å²) in [5.74, 6) is 0. The van der Waals surface area contributed by atoms with Crippen LogP contribution in [0.2, 0.25) is 0 Å². The van der Waals surface area contributed by atoms with Crippen LogP contribution < -0.4 is 11.2 Å². The van der Waals surface area contributed by atoms with E-state index in [1.165, 1.54) is 10.1 Å². The third-order valence-corrected chi connectivity index (χ3v) is 4.90. The Kier molecular flexibility index (Phi) is 3.35. The molecule has 3 rings (SSSR count). The normalized spacial score (nSPS) is 19.9. The second-order valence-electron chi connectivity index (χ2n) is 6.70. The molecule has 0 amide bonds. The highest BCUT2D eigenvalue weighted by atomic mass is 16.2. The maximum Gasteiger partial charge on any atom is 0.329 e. The Morgan fingerprint density at radius 3 is 2.59 bits per heavy atom. The van der Waals surface area contributed by atoms with E-state index in [-0.39, 0.29) is 22.7 Å². The van der Waals surface area contributed by atoms with Crippen LogP contribution in [0.3, 0.4) is 0 Å². The Labute approximate surface area is 129 Å². The van der Waals surface area contributed by atoms with E-state index < -0.39 is 0 Å². The van der Waals surface area contributed by atoms with E-state index in [0.717, 1.165) is 24.0 Å². The van der Waals surface area contributed by atoms with Gasteiger partial charge in [0, 0.05) is 22.6 Å². The van der Waals surface area contributed by atoms with Crippen molar-refractivity contribution in [2.24, 2.45) is 0 Å². The summed E-state index contributed by atoms with van der Waals surface area (Å²) in [5, 5.41) is 0. The SMILES string of the molecule is CCC1(C)Cc2ccccc2-c2[nH]c(=O)n(C(C)C)c(=O)c21. The van der Waals surface area contributed by atoms with Crippen LogP contribution in [-0.2, 0) is 11.8 Å². The Morgan fingerprint density at radius 2 is 1.95 bits per heavy atom. The molecule has 1 unspecified atom stereocenters. The van der Waals surface area contributed by atoms with Gasteiger partial charge < -0.3 is 4.98 Å². The number of aromatic amines is 1. The van der Waals surface area contributed by atoms with Crippen LogP contribution in [0.1, 0.15) is 51.3 Å². The van der Waals surface area contributed by atoms with Crippen molar-refractivity contribution in [3.8, 4) is 11.3 Å². The van der Waals surface area contributed by atoms with Crippen LogP contribution in [0.15, 0.2) is 33.9 Å². The second kappa shape index (κ2) is 4.97. The lowest BCUT2D eigenvalue weighted by Gasteiger charge is -2.35. The predicted octanol–water partition coefficient (Wildman–Crippen LogP) is 3.01. The molecule has 1 N–H and O–H groups in total. The maximum absolute atomic E-state index is 13.0. The largest absolute Gasteiger partial charge is 0.329 e. The number of fused-ring (bicyclic) bond motifs is 3. The number of hydrogen-bond acceptors (Lipinski definition) is 2. The number of nitrogens with one attached hydrogen (secondary N) is 1. The first-order valence-corrected chi connectivity index (χ1v) is 7.86. The van der Waals surface area contributed by atoms with Gasteiger partial charge in [0.15, 0.2) is 0 Å². The van der Waals surface area contributed by atoms with Crippen molar-refractivity contribution >= 4 is 0 Å². The summed E-state index contributed by atoms with van der Waals surface area (Å²) in [6.45, 7) is 7.94. The summed E-state index contributed by atoms with van der Waals surface area (Å²) >= 11 is 0. The molecule has 0 spiro atoms. The van der Waals surface area contributed by atoms with Gasteiger partial charge in [0.05, 0.1) is 5.69 Å². The van der Waals surface area contributed by atoms with Gasteiger partial charge in [-0.25, -0.2) is 4.79 Å². The summed E-state index contributed by atoms with van der Waals surface area (Å²) in [4.78, 5) is 28.3. The van der Waals surface area contributed by atoms with Crippen LogP contribution in [0, 0.1) is 0 Å². The van der Waals surface area contributed by atoms with Crippen LogP contribution in [0.4, 0.5) is 0 Å². The highest BCUT2D eigenvalue weighted by Crippen LogP contribution is 2.41. The topological polar surface area (TPSA) is 54.9 Å². The Balaban J connectivity index is 2.46. The van der Waals surface area contributed by atoms with Gasteiger partial charge in [0.25, 0.3) is 5.56 Å². The molecule has 0 saturated carbocycles. The summed E-state index contributed by atoms with van der Waals surface area (Å²) in [6, 6.07) is 7.87. The molecule has 116 valence electrons. The zero-order valence-electron chi connectivity index (χ0n) is 13.6. The zero-order chi connectivity index (χ0) is 16.1. The Bertz CT molecular complexity index is 845. The average molecular weight is 298 g/mol. The van der Waals surface area contributed by atoms with Crippen LogP contribution in [-0.4, -0.2) is 9.55 Å². The molecule has 0 aliphatic heterocycles. The number of rotatable bonds is 2. The van der Waals surface area contributed by atoms with Crippen molar-refractivity contribution in [1.82, 2.24) is 9.55 Å². The minimum atomic E-state index is -0.325. The van der Waals surface area contributed by atoms with Crippen molar-refractivity contribution < 1.29 is 0 Å². The van der Waals surface area contributed by atoms with Gasteiger partial charge in [-0.1, -0.05) is 38.1 Å². The first-order valence-electron chi connectivity index (χ1n) is 7.86. The molecule has 0 saturated heterocycles. The van der Waals surface area contributed by atoms with E-state index in [1.54, 1.807) is 0 Å². The van der Waals surface area contributed by atoms with Gasteiger partial charge in [0.1, 0.15) is 0 Å². The number of aromatic nitrogens is 2. The third kappa shape index (κ3) is 1.97. The molecular weight excluding hydrogens is 276 g/mol. The van der Waals surface area contributed by atoms with Crippen molar-refractivity contribution in [1.29, 1.82) is 0 Å². The molecule has 0 radical (unpaired) electrons. The molecule has 1 aliphatic rings. The van der Waals surface area contributed by atoms with E-state index in [1.807, 2.05) is 32.0 Å². The molecule has 4 heteroatoms. The van der Waals surface area contributed by atoms with Gasteiger partial charge in [-0.3, -0.25) is 9.36 Å². The van der Waals surface area contributed by atoms with Crippen LogP contribution in [0.25, 0.3) is 11.3 Å². The number of nitrogens with zero attached hydrogens (tertiary/aromatic N) is 1. The number of H-pyrrole nitrogens is 1. The number of benzene rings is 1. The maximum atomic E-state index is 13.0. The van der Waals surface area contributed by atoms with E-state index in [0.29, 0.717) is 5.69 Å². The van der Waals surface area contributed by atoms with Crippen LogP contribution in [0.5, 0.6) is 0 Å². The van der Waals surface area contributed by atoms with E-state index >= 15 is 0 Å². The Morgan fingerprint density at radius 1 is 1.27 bits per heavy atom. The second-order valence-corrected chi connectivity index (χ2v) is 6.70. The van der Waals surface area contributed by atoms with Gasteiger partial charge in [-0.05, 0) is 32.3 Å². The monoisotopic (exact) mass is 298 g/mol. The third-order valence-electron chi connectivity index (χ3n) is 4.90. The molecule has 4 nitrogen and oxygen atoms in total. The molecule has 1 heterocycles. The molecule has 2 aromatic rings. The summed E-state index contributed by atoms with van der Waals surface area (Å²) in [6.07, 6.45) is 1.68. The first kappa shape index (κ1) is 14.8. The molecule has 0 bridgehead atoms. The predicted molar refractivity (Wildman–Crippen MR) is 88.5 cm³/mol. The first-order chi connectivity index (χ1) is 10.4. The molecule has 1 aromatic carbocycles. The Hall–Kier alpha value is -2.10. The average Bonchev–Trinajstić information content (AvgIpc) is 2.46. The lowest BCUT2D eigenvalue weighted by atomic mass is 9.69. The van der Waals surface area contributed by atoms with E-state index in [4.69, 9.17) is 0 Å². The van der Waals surface area contributed by atoms with Crippen molar-refractivity contribution in [3.05, 3.63) is 56.2 Å². The van der Waals surface area contributed by atoms with E-state index in [2.05, 4.69) is 24.9 Å². The van der Waals surface area contributed by atoms with Crippen molar-refractivity contribution in [3.63, 3.8) is 0 Å². The lowest BCUT2D eigenvalue weighted by molar-refractivity contribution is 0.426. The van der Waals surface area contributed by atoms with Gasteiger partial charge in [-0.15, -0.1) is 0 Å². The van der Waals surface area contributed by atoms with Crippen molar-refractivity contribution in [2.45, 2.75) is 52.0 Å². The van der Waals surface area contributed by atoms with Gasteiger partial charge in [-0.2, -0.15) is 0 Å². The highest BCUT2D eigenvalue weighted by molar-refractivity contribution is 5.71. The standard InChI is InChI=1S/C18H22N2O2/c1-5-18(4)10-12-8-6-7-9-13(12)15-14(18)16(21)20(11(2)3)17(22)19-15/h6-9,11H,5,10H2,1-4H3,(H,19,22). The summed E-state index contributed by atoms with van der Waals surface area (Å²) < 4.78 is 1.33. The number of hydrogen-bond donors (Lipinski definition) is 1. The van der Waals surface area contributed by atoms with Gasteiger partial charge >= 0.3 is 5.69 Å². The minimum Gasteiger partial charge on any atom is -0.306 e. The van der Waals surface area contributed by atoms with Crippen molar-refractivity contribution in [2.75, 3.05) is 0 Å². The summed E-state index contributed by atoms with van der Waals surface area (Å²) in [7, 11) is 0. The molecule has 1 aliphatic carbocycles. The quantitative estimate of drug-likeness (QED) is 0.926. The molecular formula is C18H22N2O2. The molecule has 0 fully saturated rings. The van der Waals surface area contributed by atoms with Crippen LogP contribution >= 0.6 is 0 Å². The molecule has 22 heavy (non-hydrogen) atoms.